The minimum atomic E-state index is -0.885. The van der Waals surface area contributed by atoms with Crippen LogP contribution >= 0.6 is 23.2 Å². The number of hydrogen-bond acceptors (Lipinski definition) is 3. The summed E-state index contributed by atoms with van der Waals surface area (Å²) in [5.74, 6) is -1.70. The van der Waals surface area contributed by atoms with Gasteiger partial charge in [-0.05, 0) is 30.2 Å². The van der Waals surface area contributed by atoms with E-state index in [0.717, 1.165) is 12.0 Å². The van der Waals surface area contributed by atoms with E-state index in [2.05, 4.69) is 15.8 Å². The number of hydrazone groups is 1. The molecule has 2 N–H and O–H groups in total. The molecule has 124 valence electrons. The average Bonchev–Trinajstić information content (AvgIpc) is 2.59. The Morgan fingerprint density at radius 3 is 2.46 bits per heavy atom. The highest BCUT2D eigenvalue weighted by molar-refractivity contribution is 6.43. The van der Waals surface area contributed by atoms with Gasteiger partial charge >= 0.3 is 11.8 Å². The molecule has 0 spiro atoms. The summed E-state index contributed by atoms with van der Waals surface area (Å²) >= 11 is 11.9. The standard InChI is InChI=1S/C17H15Cl2N3O2/c1-2-11-6-8-13(9-7-11)21-16(23)17(24)22-20-10-12-4-3-5-14(18)15(12)19/h3-10H,2H2,1H3,(H,21,23)(H,22,24)/b20-10+. The maximum Gasteiger partial charge on any atom is 0.329 e. The lowest BCUT2D eigenvalue weighted by Crippen LogP contribution is -2.32. The number of amides is 2. The van der Waals surface area contributed by atoms with E-state index >= 15 is 0 Å². The van der Waals surface area contributed by atoms with Gasteiger partial charge in [0.05, 0.1) is 16.3 Å². The third kappa shape index (κ3) is 4.81. The predicted octanol–water partition coefficient (Wildman–Crippen LogP) is 3.64. The van der Waals surface area contributed by atoms with Gasteiger partial charge in [0.15, 0.2) is 0 Å². The molecule has 5 nitrogen and oxygen atoms in total. The number of rotatable bonds is 4. The summed E-state index contributed by atoms with van der Waals surface area (Å²) in [5, 5.41) is 6.89. The van der Waals surface area contributed by atoms with Crippen molar-refractivity contribution >= 4 is 46.9 Å². The molecule has 0 heterocycles. The third-order valence-corrected chi connectivity index (χ3v) is 4.01. The van der Waals surface area contributed by atoms with Crippen LogP contribution in [0.4, 0.5) is 5.69 Å². The molecule has 0 saturated carbocycles. The predicted molar refractivity (Wildman–Crippen MR) is 96.6 cm³/mol. The molecule has 0 fully saturated rings. The summed E-state index contributed by atoms with van der Waals surface area (Å²) in [5.41, 5.74) is 4.34. The molecule has 0 radical (unpaired) electrons. The van der Waals surface area contributed by atoms with Gasteiger partial charge in [0, 0.05) is 11.3 Å². The molecule has 2 aromatic carbocycles. The lowest BCUT2D eigenvalue weighted by Gasteiger charge is -2.05. The minimum absolute atomic E-state index is 0.317. The zero-order valence-corrected chi connectivity index (χ0v) is 14.4. The van der Waals surface area contributed by atoms with E-state index < -0.39 is 11.8 Å². The summed E-state index contributed by atoms with van der Waals surface area (Å²) in [6, 6.07) is 12.2. The molecule has 0 aliphatic carbocycles. The van der Waals surface area contributed by atoms with Gasteiger partial charge < -0.3 is 5.32 Å². The number of nitrogens with zero attached hydrogens (tertiary/aromatic N) is 1. The van der Waals surface area contributed by atoms with E-state index in [4.69, 9.17) is 23.2 Å². The monoisotopic (exact) mass is 363 g/mol. The molecule has 0 aliphatic rings. The van der Waals surface area contributed by atoms with Crippen LogP contribution in [-0.4, -0.2) is 18.0 Å². The maximum absolute atomic E-state index is 11.8. The highest BCUT2D eigenvalue weighted by Gasteiger charge is 2.12. The Hall–Kier alpha value is -2.37. The lowest BCUT2D eigenvalue weighted by molar-refractivity contribution is -0.136. The molecular weight excluding hydrogens is 349 g/mol. The van der Waals surface area contributed by atoms with Crippen LogP contribution in [0.15, 0.2) is 47.6 Å². The molecule has 0 unspecified atom stereocenters. The number of carbonyl (C=O) groups excluding carboxylic acids is 2. The zero-order valence-electron chi connectivity index (χ0n) is 12.8. The lowest BCUT2D eigenvalue weighted by atomic mass is 10.1. The molecule has 0 atom stereocenters. The Morgan fingerprint density at radius 1 is 1.08 bits per heavy atom. The van der Waals surface area contributed by atoms with Gasteiger partial charge in [-0.25, -0.2) is 5.43 Å². The van der Waals surface area contributed by atoms with E-state index in [1.54, 1.807) is 30.3 Å². The quantitative estimate of drug-likeness (QED) is 0.494. The molecule has 24 heavy (non-hydrogen) atoms. The first-order valence-corrected chi connectivity index (χ1v) is 7.94. The van der Waals surface area contributed by atoms with Crippen LogP contribution < -0.4 is 10.7 Å². The van der Waals surface area contributed by atoms with Crippen molar-refractivity contribution in [1.82, 2.24) is 5.43 Å². The molecule has 0 aromatic heterocycles. The normalized spacial score (nSPS) is 10.6. The van der Waals surface area contributed by atoms with Crippen molar-refractivity contribution in [2.75, 3.05) is 5.32 Å². The highest BCUT2D eigenvalue weighted by Crippen LogP contribution is 2.24. The van der Waals surface area contributed by atoms with Crippen LogP contribution in [0.5, 0.6) is 0 Å². The van der Waals surface area contributed by atoms with Crippen LogP contribution in [0.3, 0.4) is 0 Å². The van der Waals surface area contributed by atoms with Crippen molar-refractivity contribution < 1.29 is 9.59 Å². The number of carbonyl (C=O) groups is 2. The second-order valence-corrected chi connectivity index (χ2v) is 5.63. The van der Waals surface area contributed by atoms with Gasteiger partial charge in [-0.2, -0.15) is 5.10 Å². The molecule has 2 aromatic rings. The van der Waals surface area contributed by atoms with Crippen molar-refractivity contribution in [3.63, 3.8) is 0 Å². The Kier molecular flexibility index (Phi) is 6.35. The molecule has 0 saturated heterocycles. The fourth-order valence-corrected chi connectivity index (χ4v) is 2.20. The summed E-state index contributed by atoms with van der Waals surface area (Å²) in [4.78, 5) is 23.5. The first-order chi connectivity index (χ1) is 11.5. The van der Waals surface area contributed by atoms with E-state index in [1.165, 1.54) is 6.21 Å². The van der Waals surface area contributed by atoms with Gasteiger partial charge in [-0.15, -0.1) is 0 Å². The molecule has 0 bridgehead atoms. The number of halogens is 2. The largest absolute Gasteiger partial charge is 0.329 e. The SMILES string of the molecule is CCc1ccc(NC(=O)C(=O)N/N=C/c2cccc(Cl)c2Cl)cc1. The first kappa shape index (κ1) is 18.0. The van der Waals surface area contributed by atoms with E-state index in [0.29, 0.717) is 21.3 Å². The van der Waals surface area contributed by atoms with Crippen LogP contribution in [0.25, 0.3) is 0 Å². The van der Waals surface area contributed by atoms with Gasteiger partial charge in [0.25, 0.3) is 0 Å². The van der Waals surface area contributed by atoms with Crippen LogP contribution in [0.1, 0.15) is 18.1 Å². The van der Waals surface area contributed by atoms with E-state index in [1.807, 2.05) is 19.1 Å². The fraction of sp³-hybridized carbons (Fsp3) is 0.118. The Balaban J connectivity index is 1.92. The topological polar surface area (TPSA) is 70.6 Å². The molecular formula is C17H15Cl2N3O2. The second kappa shape index (κ2) is 8.47. The van der Waals surface area contributed by atoms with Gasteiger partial charge in [-0.1, -0.05) is 54.4 Å². The Bertz CT molecular complexity index is 774. The smallest absolute Gasteiger partial charge is 0.318 e. The minimum Gasteiger partial charge on any atom is -0.318 e. The Morgan fingerprint density at radius 2 is 1.79 bits per heavy atom. The van der Waals surface area contributed by atoms with Crippen LogP contribution in [0.2, 0.25) is 10.0 Å². The van der Waals surface area contributed by atoms with Crippen molar-refractivity contribution in [3.05, 3.63) is 63.6 Å². The van der Waals surface area contributed by atoms with Crippen LogP contribution in [0, 0.1) is 0 Å². The van der Waals surface area contributed by atoms with Crippen molar-refractivity contribution in [2.45, 2.75) is 13.3 Å². The van der Waals surface area contributed by atoms with Gasteiger partial charge in [0.1, 0.15) is 0 Å². The third-order valence-electron chi connectivity index (χ3n) is 3.18. The Labute approximate surface area is 149 Å². The number of aryl methyl sites for hydroxylation is 1. The van der Waals surface area contributed by atoms with E-state index in [-0.39, 0.29) is 0 Å². The van der Waals surface area contributed by atoms with E-state index in [9.17, 15) is 9.59 Å². The molecule has 7 heteroatoms. The molecule has 2 amide bonds. The summed E-state index contributed by atoms with van der Waals surface area (Å²) in [6.45, 7) is 2.03. The van der Waals surface area contributed by atoms with Crippen molar-refractivity contribution in [1.29, 1.82) is 0 Å². The number of benzene rings is 2. The number of anilines is 1. The zero-order chi connectivity index (χ0) is 17.5. The number of nitrogens with one attached hydrogen (secondary N) is 2. The second-order valence-electron chi connectivity index (χ2n) is 4.85. The summed E-state index contributed by atoms with van der Waals surface area (Å²) in [6.07, 6.45) is 2.21. The molecule has 0 aliphatic heterocycles. The summed E-state index contributed by atoms with van der Waals surface area (Å²) < 4.78 is 0. The number of hydrogen-bond donors (Lipinski definition) is 2. The maximum atomic E-state index is 11.8. The highest BCUT2D eigenvalue weighted by atomic mass is 35.5. The van der Waals surface area contributed by atoms with Gasteiger partial charge in [0.2, 0.25) is 0 Å². The summed E-state index contributed by atoms with van der Waals surface area (Å²) in [7, 11) is 0. The van der Waals surface area contributed by atoms with Crippen molar-refractivity contribution in [2.24, 2.45) is 5.10 Å². The fourth-order valence-electron chi connectivity index (χ4n) is 1.84. The van der Waals surface area contributed by atoms with Crippen LogP contribution in [-0.2, 0) is 16.0 Å². The first-order valence-electron chi connectivity index (χ1n) is 7.18. The van der Waals surface area contributed by atoms with Crippen molar-refractivity contribution in [3.8, 4) is 0 Å². The molecule has 2 rings (SSSR count). The van der Waals surface area contributed by atoms with Gasteiger partial charge in [-0.3, -0.25) is 9.59 Å². The average molecular weight is 364 g/mol.